The van der Waals surface area contributed by atoms with Gasteiger partial charge in [0.1, 0.15) is 11.3 Å². The molecule has 0 N–H and O–H groups in total. The number of para-hydroxylation sites is 1. The molecule has 11 aromatic rings. The maximum atomic E-state index is 9.41. The lowest BCUT2D eigenvalue weighted by Gasteiger charge is -2.33. The van der Waals surface area contributed by atoms with E-state index < -0.39 is 65.8 Å². The summed E-state index contributed by atoms with van der Waals surface area (Å²) in [5.74, 6) is 0.572. The first-order valence-electron chi connectivity index (χ1n) is 24.3. The molecule has 0 saturated heterocycles. The minimum atomic E-state index is -1.95. The lowest BCUT2D eigenvalue weighted by molar-refractivity contribution is 0.632. The second-order valence-corrected chi connectivity index (χ2v) is 14.7. The summed E-state index contributed by atoms with van der Waals surface area (Å²) in [6, 6.07) is 46.7. The number of hydrogen-bond acceptors (Lipinski definition) is 1. The number of hydrogen-bond donors (Lipinski definition) is 0. The molecule has 0 aliphatic heterocycles. The van der Waals surface area contributed by atoms with Crippen molar-refractivity contribution in [2.45, 2.75) is 5.41 Å². The van der Waals surface area contributed by atoms with Crippen molar-refractivity contribution in [1.29, 1.82) is 0 Å². The molecule has 58 heavy (non-hydrogen) atoms. The van der Waals surface area contributed by atoms with Crippen LogP contribution >= 0.6 is 0 Å². The number of rotatable bonds is 5. The van der Waals surface area contributed by atoms with Gasteiger partial charge >= 0.3 is 0 Å². The summed E-state index contributed by atoms with van der Waals surface area (Å²) in [5, 5.41) is 7.37. The molecule has 0 saturated carbocycles. The highest BCUT2D eigenvalue weighted by Crippen LogP contribution is 2.57. The van der Waals surface area contributed by atoms with Crippen LogP contribution in [-0.4, -0.2) is 0 Å². The van der Waals surface area contributed by atoms with Gasteiger partial charge in [-0.25, -0.2) is 0 Å². The predicted octanol–water partition coefficient (Wildman–Crippen LogP) is 15.3. The van der Waals surface area contributed by atoms with Crippen molar-refractivity contribution >= 4 is 43.3 Å². The molecular weight excluding hydrogens is 701 g/mol. The van der Waals surface area contributed by atoms with Crippen molar-refractivity contribution in [2.24, 2.45) is 0 Å². The Hall–Kier alpha value is -7.48. The number of benzene rings is 10. The first-order chi connectivity index (χ1) is 32.9. The van der Waals surface area contributed by atoms with Crippen LogP contribution in [0.1, 0.15) is 36.0 Å². The molecule has 1 aliphatic carbocycles. The summed E-state index contributed by atoms with van der Waals surface area (Å²) in [6.45, 7) is 0. The zero-order chi connectivity index (χ0) is 46.9. The van der Waals surface area contributed by atoms with Crippen LogP contribution in [0.25, 0.3) is 88.0 Å². The van der Waals surface area contributed by atoms with Crippen molar-refractivity contribution in [1.82, 2.24) is 0 Å². The number of fused-ring (bicyclic) bond motifs is 7. The van der Waals surface area contributed by atoms with Gasteiger partial charge < -0.3 is 4.42 Å². The quantitative estimate of drug-likeness (QED) is 0.160. The van der Waals surface area contributed by atoms with Crippen LogP contribution in [0, 0.1) is 0 Å². The minimum Gasteiger partial charge on any atom is -0.455 e. The maximum Gasteiger partial charge on any atom is 0.143 e. The highest BCUT2D eigenvalue weighted by atomic mass is 16.3. The van der Waals surface area contributed by atoms with E-state index in [-0.39, 0.29) is 11.1 Å². The largest absolute Gasteiger partial charge is 0.455 e. The molecule has 1 aromatic heterocycles. The van der Waals surface area contributed by atoms with Gasteiger partial charge in [-0.2, -0.15) is 0 Å². The normalized spacial score (nSPS) is 15.4. The van der Waals surface area contributed by atoms with Gasteiger partial charge in [-0.05, 0) is 89.0 Å². The van der Waals surface area contributed by atoms with Crippen molar-refractivity contribution in [3.05, 3.63) is 240 Å². The molecule has 1 nitrogen and oxygen atoms in total. The minimum absolute atomic E-state index is 0.213. The standard InChI is InChI=1S/C57H36O/c1-3-20-39(21-4-1)57(40-22-5-2-6-23-40)50-32-15-13-25-42(50)49-36-38(34-35-51(49)57)56-55(48-30-14-16-33-52(48)58-56)54-46-28-11-9-26-44(46)53(45-27-10-12-29-47(45)54)43-31-17-19-37-18-7-8-24-41(37)43/h1-36H/i1D,2D,3D,4D,5D,6D,20D,21D,22D,23D. The Morgan fingerprint density at radius 1 is 0.379 bits per heavy atom. The van der Waals surface area contributed by atoms with Crippen LogP contribution in [0.5, 0.6) is 0 Å². The van der Waals surface area contributed by atoms with Gasteiger partial charge in [0, 0.05) is 22.1 Å². The average molecular weight is 747 g/mol. The van der Waals surface area contributed by atoms with Crippen LogP contribution < -0.4 is 0 Å². The van der Waals surface area contributed by atoms with Gasteiger partial charge in [-0.1, -0.05) is 206 Å². The van der Waals surface area contributed by atoms with E-state index in [1.165, 1.54) is 0 Å². The molecular formula is C57H36O. The van der Waals surface area contributed by atoms with E-state index in [0.717, 1.165) is 60.0 Å². The Morgan fingerprint density at radius 3 is 1.59 bits per heavy atom. The van der Waals surface area contributed by atoms with Gasteiger partial charge in [0.25, 0.3) is 0 Å². The van der Waals surface area contributed by atoms with Gasteiger partial charge in [0.05, 0.1) is 19.1 Å². The SMILES string of the molecule is [2H]c1c([2H])c([2H])c(C2(c3c([2H])c([2H])c([2H])c([2H])c3[2H])c3ccccc3-c3cc(-c4oc5ccccc5c4-c4c5ccccc5c(-c5cccc6ccccc56)c5ccccc45)ccc32)c([2H])c1[2H]. The van der Waals surface area contributed by atoms with Crippen LogP contribution in [0.15, 0.2) is 223 Å². The monoisotopic (exact) mass is 746 g/mol. The van der Waals surface area contributed by atoms with Crippen molar-refractivity contribution < 1.29 is 18.1 Å². The van der Waals surface area contributed by atoms with E-state index in [2.05, 4.69) is 97.1 Å². The second kappa shape index (κ2) is 12.8. The number of furan rings is 1. The first kappa shape index (κ1) is 24.2. The second-order valence-electron chi connectivity index (χ2n) is 14.7. The fourth-order valence-electron chi connectivity index (χ4n) is 9.59. The zero-order valence-corrected chi connectivity index (χ0v) is 30.9. The summed E-state index contributed by atoms with van der Waals surface area (Å²) >= 11 is 0. The Morgan fingerprint density at radius 2 is 0.897 bits per heavy atom. The Balaban J connectivity index is 1.19. The van der Waals surface area contributed by atoms with Crippen LogP contribution in [-0.2, 0) is 5.41 Å². The topological polar surface area (TPSA) is 13.1 Å². The highest BCUT2D eigenvalue weighted by Gasteiger charge is 2.46. The lowest BCUT2D eigenvalue weighted by atomic mass is 9.67. The summed E-state index contributed by atoms with van der Waals surface area (Å²) in [6.07, 6.45) is 0. The van der Waals surface area contributed by atoms with E-state index in [9.17, 15) is 5.48 Å². The molecule has 1 aliphatic rings. The smallest absolute Gasteiger partial charge is 0.143 e. The van der Waals surface area contributed by atoms with Gasteiger partial charge in [-0.15, -0.1) is 0 Å². The van der Waals surface area contributed by atoms with Crippen LogP contribution in [0.3, 0.4) is 0 Å². The summed E-state index contributed by atoms with van der Waals surface area (Å²) in [5.41, 5.74) is 5.06. The average Bonchev–Trinajstić information content (AvgIpc) is 3.89. The zero-order valence-electron chi connectivity index (χ0n) is 40.9. The van der Waals surface area contributed by atoms with Gasteiger partial charge in [-0.3, -0.25) is 0 Å². The molecule has 0 bridgehead atoms. The predicted molar refractivity (Wildman–Crippen MR) is 242 cm³/mol. The summed E-state index contributed by atoms with van der Waals surface area (Å²) in [7, 11) is 0. The molecule has 0 atom stereocenters. The molecule has 0 amide bonds. The third-order valence-electron chi connectivity index (χ3n) is 11.9. The van der Waals surface area contributed by atoms with Crippen molar-refractivity contribution in [3.8, 4) is 44.7 Å². The van der Waals surface area contributed by atoms with Gasteiger partial charge in [0.2, 0.25) is 0 Å². The Labute approximate surface area is 351 Å². The van der Waals surface area contributed by atoms with Crippen LogP contribution in [0.2, 0.25) is 0 Å². The van der Waals surface area contributed by atoms with Crippen molar-refractivity contribution in [3.63, 3.8) is 0 Å². The Bertz CT molecular complexity index is 3810. The fraction of sp³-hybridized carbons (Fsp3) is 0.0175. The Kier molecular flexibility index (Phi) is 5.34. The molecule has 0 unspecified atom stereocenters. The third-order valence-corrected chi connectivity index (χ3v) is 11.9. The third kappa shape index (κ3) is 4.59. The lowest BCUT2D eigenvalue weighted by Crippen LogP contribution is -2.28. The maximum absolute atomic E-state index is 9.41. The molecule has 10 aromatic carbocycles. The highest BCUT2D eigenvalue weighted by molar-refractivity contribution is 6.26. The van der Waals surface area contributed by atoms with Gasteiger partial charge in [0.15, 0.2) is 0 Å². The molecule has 270 valence electrons. The molecule has 0 fully saturated rings. The summed E-state index contributed by atoms with van der Waals surface area (Å²) < 4.78 is 97.1. The fourth-order valence-corrected chi connectivity index (χ4v) is 9.59. The molecule has 12 rings (SSSR count). The molecule has 1 heterocycles. The molecule has 1 heteroatoms. The van der Waals surface area contributed by atoms with Crippen molar-refractivity contribution in [2.75, 3.05) is 0 Å². The van der Waals surface area contributed by atoms with E-state index in [0.29, 0.717) is 39.2 Å². The van der Waals surface area contributed by atoms with E-state index >= 15 is 0 Å². The van der Waals surface area contributed by atoms with E-state index in [1.807, 2.05) is 42.5 Å². The molecule has 0 spiro atoms. The summed E-state index contributed by atoms with van der Waals surface area (Å²) in [4.78, 5) is 0. The van der Waals surface area contributed by atoms with E-state index in [1.54, 1.807) is 18.2 Å². The van der Waals surface area contributed by atoms with E-state index in [4.69, 9.17) is 12.6 Å². The van der Waals surface area contributed by atoms with Crippen LogP contribution in [0.4, 0.5) is 0 Å². The molecule has 0 radical (unpaired) electrons. The first-order valence-corrected chi connectivity index (χ1v) is 19.3.